The van der Waals surface area contributed by atoms with E-state index in [1.54, 1.807) is 0 Å². The van der Waals surface area contributed by atoms with E-state index in [9.17, 15) is 0 Å². The third kappa shape index (κ3) is 5.50. The number of allylic oxidation sites excluding steroid dienone is 1. The molecular formula is C25H22Se. The molecule has 0 heterocycles. The Balaban J connectivity index is 1.85. The Morgan fingerprint density at radius 1 is 0.846 bits per heavy atom. The molecular weight excluding hydrogens is 379 g/mol. The van der Waals surface area contributed by atoms with Gasteiger partial charge in [-0.05, 0) is 0 Å². The van der Waals surface area contributed by atoms with Crippen LogP contribution in [0.15, 0.2) is 84.9 Å². The van der Waals surface area contributed by atoms with E-state index < -0.39 is 0 Å². The third-order valence-corrected chi connectivity index (χ3v) is 6.37. The Kier molecular flexibility index (Phi) is 6.50. The SMILES string of the molecule is Cc1cccc(C#C/C=C(\[Se]Cc2ccccc2)c2cccc(C)c2)c1. The van der Waals surface area contributed by atoms with Crippen LogP contribution in [0.25, 0.3) is 4.47 Å². The van der Waals surface area contributed by atoms with Gasteiger partial charge in [-0.25, -0.2) is 0 Å². The summed E-state index contributed by atoms with van der Waals surface area (Å²) in [7, 11) is 0. The molecule has 0 bridgehead atoms. The van der Waals surface area contributed by atoms with Crippen molar-refractivity contribution in [3.8, 4) is 11.8 Å². The number of benzene rings is 3. The van der Waals surface area contributed by atoms with Crippen molar-refractivity contribution < 1.29 is 0 Å². The molecule has 0 unspecified atom stereocenters. The van der Waals surface area contributed by atoms with Crippen molar-refractivity contribution in [2.75, 3.05) is 0 Å². The predicted molar refractivity (Wildman–Crippen MR) is 113 cm³/mol. The van der Waals surface area contributed by atoms with E-state index >= 15 is 0 Å². The molecule has 0 atom stereocenters. The zero-order valence-electron chi connectivity index (χ0n) is 15.2. The molecule has 0 aliphatic carbocycles. The number of aryl methyl sites for hydroxylation is 2. The van der Waals surface area contributed by atoms with E-state index in [1.165, 1.54) is 26.7 Å². The summed E-state index contributed by atoms with van der Waals surface area (Å²) in [4.78, 5) is 0. The quantitative estimate of drug-likeness (QED) is 0.394. The van der Waals surface area contributed by atoms with Crippen LogP contribution in [-0.2, 0) is 5.32 Å². The number of hydrogen-bond acceptors (Lipinski definition) is 0. The molecule has 0 aromatic heterocycles. The number of hydrogen-bond donors (Lipinski definition) is 0. The van der Waals surface area contributed by atoms with Gasteiger partial charge in [-0.3, -0.25) is 0 Å². The second kappa shape index (κ2) is 9.25. The van der Waals surface area contributed by atoms with Crippen LogP contribution < -0.4 is 0 Å². The molecule has 0 radical (unpaired) electrons. The minimum atomic E-state index is 0.344. The molecule has 0 saturated carbocycles. The maximum absolute atomic E-state index is 3.29. The fraction of sp³-hybridized carbons (Fsp3) is 0.120. The topological polar surface area (TPSA) is 0 Å². The Morgan fingerprint density at radius 3 is 2.31 bits per heavy atom. The predicted octanol–water partition coefficient (Wildman–Crippen LogP) is 5.60. The van der Waals surface area contributed by atoms with Crippen LogP contribution in [0, 0.1) is 25.7 Å². The summed E-state index contributed by atoms with van der Waals surface area (Å²) in [6.45, 7) is 4.24. The van der Waals surface area contributed by atoms with Gasteiger partial charge < -0.3 is 0 Å². The van der Waals surface area contributed by atoms with E-state index in [2.05, 4.69) is 111 Å². The summed E-state index contributed by atoms with van der Waals surface area (Å²) < 4.78 is 1.35. The molecule has 0 amide bonds. The first-order valence-electron chi connectivity index (χ1n) is 8.73. The van der Waals surface area contributed by atoms with E-state index in [1.807, 2.05) is 0 Å². The van der Waals surface area contributed by atoms with Crippen LogP contribution in [0.3, 0.4) is 0 Å². The normalized spacial score (nSPS) is 10.9. The Morgan fingerprint density at radius 2 is 1.58 bits per heavy atom. The number of rotatable bonds is 4. The zero-order valence-corrected chi connectivity index (χ0v) is 16.9. The first kappa shape index (κ1) is 18.3. The van der Waals surface area contributed by atoms with Gasteiger partial charge in [0, 0.05) is 0 Å². The fourth-order valence-corrected chi connectivity index (χ4v) is 4.64. The van der Waals surface area contributed by atoms with Crippen molar-refractivity contribution in [2.45, 2.75) is 19.2 Å². The first-order chi connectivity index (χ1) is 12.7. The average molecular weight is 401 g/mol. The molecule has 0 saturated heterocycles. The molecule has 3 aromatic rings. The molecule has 0 aliphatic rings. The Hall–Kier alpha value is -2.52. The van der Waals surface area contributed by atoms with Crippen LogP contribution in [0.1, 0.15) is 27.8 Å². The van der Waals surface area contributed by atoms with E-state index in [-0.39, 0.29) is 0 Å². The molecule has 0 fully saturated rings. The maximum atomic E-state index is 3.29. The van der Waals surface area contributed by atoms with E-state index in [0.29, 0.717) is 15.0 Å². The molecule has 128 valence electrons. The Bertz CT molecular complexity index is 956. The van der Waals surface area contributed by atoms with Crippen LogP contribution in [0.4, 0.5) is 0 Å². The summed E-state index contributed by atoms with van der Waals surface area (Å²) in [5.41, 5.74) is 6.28. The molecule has 1 heteroatoms. The Labute approximate surface area is 163 Å². The van der Waals surface area contributed by atoms with Gasteiger partial charge in [0.1, 0.15) is 0 Å². The summed E-state index contributed by atoms with van der Waals surface area (Å²) in [6.07, 6.45) is 2.11. The summed E-state index contributed by atoms with van der Waals surface area (Å²) in [6, 6.07) is 27.8. The molecule has 3 aromatic carbocycles. The van der Waals surface area contributed by atoms with Crippen LogP contribution >= 0.6 is 0 Å². The van der Waals surface area contributed by atoms with Crippen molar-refractivity contribution in [3.63, 3.8) is 0 Å². The van der Waals surface area contributed by atoms with Crippen molar-refractivity contribution in [3.05, 3.63) is 113 Å². The van der Waals surface area contributed by atoms with Crippen LogP contribution in [-0.4, -0.2) is 15.0 Å². The van der Waals surface area contributed by atoms with Gasteiger partial charge in [0.15, 0.2) is 0 Å². The second-order valence-electron chi connectivity index (χ2n) is 6.29. The molecule has 0 N–H and O–H groups in total. The average Bonchev–Trinajstić information content (AvgIpc) is 2.65. The van der Waals surface area contributed by atoms with Gasteiger partial charge in [-0.15, -0.1) is 0 Å². The van der Waals surface area contributed by atoms with Gasteiger partial charge in [0.25, 0.3) is 0 Å². The summed E-state index contributed by atoms with van der Waals surface area (Å²) in [5.74, 6) is 6.57. The molecule has 0 nitrogen and oxygen atoms in total. The standard InChI is InChI=1S/C25H22Se/c1-20-9-6-13-22(17-20)14-8-16-25(24-15-7-10-21(2)18-24)26-19-23-11-4-3-5-12-23/h3-7,9-13,15-18H,19H2,1-2H3/b25-16-. The van der Waals surface area contributed by atoms with Gasteiger partial charge in [-0.2, -0.15) is 0 Å². The van der Waals surface area contributed by atoms with Gasteiger partial charge >= 0.3 is 163 Å². The van der Waals surface area contributed by atoms with Crippen molar-refractivity contribution in [1.82, 2.24) is 0 Å². The zero-order chi connectivity index (χ0) is 18.2. The minimum absolute atomic E-state index is 0.344. The molecule has 26 heavy (non-hydrogen) atoms. The third-order valence-electron chi connectivity index (χ3n) is 3.98. The van der Waals surface area contributed by atoms with Gasteiger partial charge in [-0.1, -0.05) is 0 Å². The van der Waals surface area contributed by atoms with Crippen molar-refractivity contribution >= 4 is 19.4 Å². The molecule has 3 rings (SSSR count). The van der Waals surface area contributed by atoms with Crippen molar-refractivity contribution in [2.24, 2.45) is 0 Å². The summed E-state index contributed by atoms with van der Waals surface area (Å²) >= 11 is 0.344. The molecule has 0 aliphatic heterocycles. The fourth-order valence-electron chi connectivity index (χ4n) is 2.65. The van der Waals surface area contributed by atoms with Crippen LogP contribution in [0.2, 0.25) is 0 Å². The van der Waals surface area contributed by atoms with E-state index in [0.717, 1.165) is 10.9 Å². The van der Waals surface area contributed by atoms with Crippen LogP contribution in [0.5, 0.6) is 0 Å². The summed E-state index contributed by atoms with van der Waals surface area (Å²) in [5, 5.41) is 1.08. The van der Waals surface area contributed by atoms with Gasteiger partial charge in [0.05, 0.1) is 0 Å². The second-order valence-corrected chi connectivity index (χ2v) is 8.43. The first-order valence-corrected chi connectivity index (χ1v) is 10.8. The molecule has 0 spiro atoms. The monoisotopic (exact) mass is 402 g/mol. The van der Waals surface area contributed by atoms with E-state index in [4.69, 9.17) is 0 Å². The van der Waals surface area contributed by atoms with Crippen molar-refractivity contribution in [1.29, 1.82) is 0 Å². The van der Waals surface area contributed by atoms with Gasteiger partial charge in [0.2, 0.25) is 0 Å².